The van der Waals surface area contributed by atoms with E-state index in [1.54, 1.807) is 7.11 Å². The zero-order valence-corrected chi connectivity index (χ0v) is 15.0. The van der Waals surface area contributed by atoms with Crippen LogP contribution in [0.15, 0.2) is 43.1 Å². The van der Waals surface area contributed by atoms with Crippen LogP contribution in [-0.2, 0) is 0 Å². The first-order valence-corrected chi connectivity index (χ1v) is 9.20. The number of piperidine rings is 3. The van der Waals surface area contributed by atoms with Crippen molar-refractivity contribution in [3.63, 3.8) is 0 Å². The molecule has 4 heterocycles. The Morgan fingerprint density at radius 3 is 3.00 bits per heavy atom. The molecule has 0 aliphatic carbocycles. The number of fused-ring (bicyclic) bond motifs is 4. The number of aromatic nitrogens is 1. The van der Waals surface area contributed by atoms with Crippen molar-refractivity contribution in [1.82, 2.24) is 9.88 Å². The predicted molar refractivity (Wildman–Crippen MR) is 102 cm³/mol. The molecule has 3 aliphatic rings. The van der Waals surface area contributed by atoms with E-state index in [1.807, 2.05) is 18.3 Å². The fraction of sp³-hybridized carbons (Fsp3) is 0.450. The SMILES string of the molecule is C=C[C@H]1CN2CC[C@H]1C[C@@H]2[C@@H](S)c1ccnc2ccc(OC)cc12. The van der Waals surface area contributed by atoms with Gasteiger partial charge in [0, 0.05) is 29.4 Å². The average Bonchev–Trinajstić information content (AvgIpc) is 2.66. The van der Waals surface area contributed by atoms with Gasteiger partial charge in [-0.3, -0.25) is 9.88 Å². The minimum Gasteiger partial charge on any atom is -0.497 e. The van der Waals surface area contributed by atoms with E-state index in [4.69, 9.17) is 17.4 Å². The number of hydrogen-bond acceptors (Lipinski definition) is 4. The van der Waals surface area contributed by atoms with E-state index < -0.39 is 0 Å². The Morgan fingerprint density at radius 2 is 2.29 bits per heavy atom. The smallest absolute Gasteiger partial charge is 0.119 e. The highest BCUT2D eigenvalue weighted by Crippen LogP contribution is 2.44. The summed E-state index contributed by atoms with van der Waals surface area (Å²) in [6.07, 6.45) is 6.54. The molecule has 1 unspecified atom stereocenters. The molecule has 0 spiro atoms. The summed E-state index contributed by atoms with van der Waals surface area (Å²) >= 11 is 5.06. The number of thiol groups is 1. The first-order valence-electron chi connectivity index (χ1n) is 8.68. The van der Waals surface area contributed by atoms with Crippen molar-refractivity contribution in [3.05, 3.63) is 48.7 Å². The van der Waals surface area contributed by atoms with Gasteiger partial charge in [-0.05, 0) is 61.1 Å². The average molecular weight is 340 g/mol. The Morgan fingerprint density at radius 1 is 1.42 bits per heavy atom. The van der Waals surface area contributed by atoms with Gasteiger partial charge in [-0.25, -0.2) is 0 Å². The normalized spacial score (nSPS) is 30.2. The van der Waals surface area contributed by atoms with Crippen molar-refractivity contribution in [1.29, 1.82) is 0 Å². The zero-order chi connectivity index (χ0) is 16.7. The monoisotopic (exact) mass is 340 g/mol. The van der Waals surface area contributed by atoms with Gasteiger partial charge < -0.3 is 4.74 Å². The quantitative estimate of drug-likeness (QED) is 0.670. The minimum atomic E-state index is 0.191. The van der Waals surface area contributed by atoms with Gasteiger partial charge in [-0.15, -0.1) is 6.58 Å². The molecule has 0 N–H and O–H groups in total. The lowest BCUT2D eigenvalue weighted by molar-refractivity contribution is 0.0185. The van der Waals surface area contributed by atoms with Gasteiger partial charge in [-0.1, -0.05) is 6.08 Å². The van der Waals surface area contributed by atoms with Crippen molar-refractivity contribution in [3.8, 4) is 5.75 Å². The fourth-order valence-electron chi connectivity index (χ4n) is 4.44. The molecule has 0 radical (unpaired) electrons. The summed E-state index contributed by atoms with van der Waals surface area (Å²) in [5, 5.41) is 1.34. The molecular weight excluding hydrogens is 316 g/mol. The second kappa shape index (κ2) is 6.41. The molecule has 0 amide bonds. The second-order valence-electron chi connectivity index (χ2n) is 6.97. The molecular formula is C20H24N2OS. The summed E-state index contributed by atoms with van der Waals surface area (Å²) < 4.78 is 5.41. The van der Waals surface area contributed by atoms with Crippen molar-refractivity contribution < 1.29 is 4.74 Å². The van der Waals surface area contributed by atoms with Crippen LogP contribution in [0.3, 0.4) is 0 Å². The standard InChI is InChI=1S/C20H24N2OS/c1-3-13-12-22-9-7-14(13)10-19(22)20(24)16-6-8-21-18-5-4-15(23-2)11-17(16)18/h3-6,8,11,13-14,19-20,24H,1,7,9-10,12H2,2H3/t13-,14-,19+,20-/m0/s1. The highest BCUT2D eigenvalue weighted by Gasteiger charge is 2.41. The van der Waals surface area contributed by atoms with Crippen LogP contribution in [0.1, 0.15) is 23.7 Å². The van der Waals surface area contributed by atoms with Crippen molar-refractivity contribution in [2.75, 3.05) is 20.2 Å². The molecule has 3 nitrogen and oxygen atoms in total. The lowest BCUT2D eigenvalue weighted by Gasteiger charge is -2.51. The first kappa shape index (κ1) is 16.0. The van der Waals surface area contributed by atoms with Gasteiger partial charge in [0.1, 0.15) is 5.75 Å². The van der Waals surface area contributed by atoms with Gasteiger partial charge in [0.25, 0.3) is 0 Å². The van der Waals surface area contributed by atoms with Crippen molar-refractivity contribution >= 4 is 23.5 Å². The molecule has 5 atom stereocenters. The molecule has 2 aromatic rings. The van der Waals surface area contributed by atoms with Gasteiger partial charge in [0.2, 0.25) is 0 Å². The van der Waals surface area contributed by atoms with Crippen LogP contribution in [0, 0.1) is 11.8 Å². The molecule has 24 heavy (non-hydrogen) atoms. The molecule has 2 bridgehead atoms. The Balaban J connectivity index is 1.69. The van der Waals surface area contributed by atoms with E-state index in [-0.39, 0.29) is 5.25 Å². The molecule has 4 heteroatoms. The van der Waals surface area contributed by atoms with E-state index >= 15 is 0 Å². The maximum atomic E-state index is 5.41. The fourth-order valence-corrected chi connectivity index (χ4v) is 4.98. The number of benzene rings is 1. The van der Waals surface area contributed by atoms with Gasteiger partial charge >= 0.3 is 0 Å². The first-order chi connectivity index (χ1) is 11.7. The third-order valence-corrected chi connectivity index (χ3v) is 6.44. The van der Waals surface area contributed by atoms with Crippen molar-refractivity contribution in [2.45, 2.75) is 24.1 Å². The summed E-state index contributed by atoms with van der Waals surface area (Å²) in [7, 11) is 1.70. The number of rotatable bonds is 4. The molecule has 126 valence electrons. The lowest BCUT2D eigenvalue weighted by atomic mass is 9.74. The Bertz CT molecular complexity index is 762. The highest BCUT2D eigenvalue weighted by molar-refractivity contribution is 7.80. The van der Waals surface area contributed by atoms with Crippen molar-refractivity contribution in [2.24, 2.45) is 11.8 Å². The largest absolute Gasteiger partial charge is 0.497 e. The molecule has 3 saturated heterocycles. The summed E-state index contributed by atoms with van der Waals surface area (Å²) in [6, 6.07) is 8.68. The highest BCUT2D eigenvalue weighted by atomic mass is 32.1. The van der Waals surface area contributed by atoms with E-state index in [9.17, 15) is 0 Å². The molecule has 3 aliphatic heterocycles. The third-order valence-electron chi connectivity index (χ3n) is 5.82. The molecule has 1 aromatic carbocycles. The van der Waals surface area contributed by atoms with Crippen LogP contribution in [0.4, 0.5) is 0 Å². The van der Waals surface area contributed by atoms with Crippen LogP contribution in [0.2, 0.25) is 0 Å². The summed E-state index contributed by atoms with van der Waals surface area (Å²) in [5.41, 5.74) is 2.27. The summed E-state index contributed by atoms with van der Waals surface area (Å²) in [4.78, 5) is 7.11. The Kier molecular flexibility index (Phi) is 4.27. The molecule has 3 fully saturated rings. The zero-order valence-electron chi connectivity index (χ0n) is 14.1. The van der Waals surface area contributed by atoms with Crippen LogP contribution >= 0.6 is 12.6 Å². The maximum Gasteiger partial charge on any atom is 0.119 e. The molecule has 5 rings (SSSR count). The summed E-state index contributed by atoms with van der Waals surface area (Å²) in [6.45, 7) is 6.33. The Labute approximate surface area is 149 Å². The van der Waals surface area contributed by atoms with Crippen LogP contribution < -0.4 is 4.74 Å². The number of nitrogens with zero attached hydrogens (tertiary/aromatic N) is 2. The van der Waals surface area contributed by atoms with Crippen LogP contribution in [0.25, 0.3) is 10.9 Å². The molecule has 0 saturated carbocycles. The van der Waals surface area contributed by atoms with Crippen LogP contribution in [-0.4, -0.2) is 36.1 Å². The third kappa shape index (κ3) is 2.62. The summed E-state index contributed by atoms with van der Waals surface area (Å²) in [5.74, 6) is 2.27. The van der Waals surface area contributed by atoms with E-state index in [0.29, 0.717) is 12.0 Å². The van der Waals surface area contributed by atoms with E-state index in [1.165, 1.54) is 24.9 Å². The maximum absolute atomic E-state index is 5.41. The second-order valence-corrected chi connectivity index (χ2v) is 7.53. The van der Waals surface area contributed by atoms with Gasteiger partial charge in [0.15, 0.2) is 0 Å². The number of methoxy groups -OCH3 is 1. The van der Waals surface area contributed by atoms with E-state index in [2.05, 4.69) is 34.7 Å². The van der Waals surface area contributed by atoms with Gasteiger partial charge in [0.05, 0.1) is 12.6 Å². The Hall–Kier alpha value is -1.52. The number of ether oxygens (including phenoxy) is 1. The van der Waals surface area contributed by atoms with E-state index in [0.717, 1.165) is 29.1 Å². The minimum absolute atomic E-state index is 0.191. The number of hydrogen-bond donors (Lipinski definition) is 1. The number of pyridine rings is 1. The predicted octanol–water partition coefficient (Wildman–Crippen LogP) is 4.11. The molecule has 1 aromatic heterocycles. The van der Waals surface area contributed by atoms with Gasteiger partial charge in [-0.2, -0.15) is 12.6 Å². The topological polar surface area (TPSA) is 25.4 Å². The van der Waals surface area contributed by atoms with Crippen LogP contribution in [0.5, 0.6) is 5.75 Å². The lowest BCUT2D eigenvalue weighted by Crippen LogP contribution is -2.54.